The van der Waals surface area contributed by atoms with Crippen molar-refractivity contribution >= 4 is 17.4 Å². The standard InChI is InChI=1S/C28H24F3NO5/c1-16-13-19(9-12-22(16)37-3)25(33)23-24(18-7-10-21(36-2)11-8-18)32(27(35)26(23)34)15-17-5-4-6-20(14-17)28(29,30)31/h4-14,24,33H,15H2,1-3H3/b25-23+. The summed E-state index contributed by atoms with van der Waals surface area (Å²) in [5.41, 5.74) is 0.650. The quantitative estimate of drug-likeness (QED) is 0.263. The zero-order valence-electron chi connectivity index (χ0n) is 20.3. The summed E-state index contributed by atoms with van der Waals surface area (Å²) in [4.78, 5) is 27.6. The first kappa shape index (κ1) is 25.8. The average Bonchev–Trinajstić information content (AvgIpc) is 3.12. The first-order valence-corrected chi connectivity index (χ1v) is 11.3. The van der Waals surface area contributed by atoms with Crippen LogP contribution in [-0.4, -0.2) is 35.9 Å². The number of likely N-dealkylation sites (tertiary alicyclic amines) is 1. The van der Waals surface area contributed by atoms with Gasteiger partial charge in [-0.05, 0) is 66.1 Å². The van der Waals surface area contributed by atoms with E-state index in [0.717, 1.165) is 12.1 Å². The van der Waals surface area contributed by atoms with Crippen molar-refractivity contribution in [2.75, 3.05) is 14.2 Å². The van der Waals surface area contributed by atoms with Gasteiger partial charge in [0.1, 0.15) is 17.3 Å². The van der Waals surface area contributed by atoms with Gasteiger partial charge in [0.2, 0.25) is 0 Å². The Balaban J connectivity index is 1.84. The van der Waals surface area contributed by atoms with E-state index in [0.29, 0.717) is 28.2 Å². The number of benzene rings is 3. The number of hydrogen-bond donors (Lipinski definition) is 1. The van der Waals surface area contributed by atoms with E-state index in [-0.39, 0.29) is 17.7 Å². The van der Waals surface area contributed by atoms with Crippen molar-refractivity contribution in [3.8, 4) is 11.5 Å². The number of ether oxygens (including phenoxy) is 2. The van der Waals surface area contributed by atoms with Crippen molar-refractivity contribution in [1.29, 1.82) is 0 Å². The van der Waals surface area contributed by atoms with Gasteiger partial charge in [0.05, 0.1) is 31.4 Å². The number of methoxy groups -OCH3 is 2. The fourth-order valence-electron chi connectivity index (χ4n) is 4.40. The Kier molecular flexibility index (Phi) is 6.98. The molecule has 0 aliphatic carbocycles. The molecule has 1 amide bonds. The first-order valence-electron chi connectivity index (χ1n) is 11.3. The van der Waals surface area contributed by atoms with E-state index in [1.807, 2.05) is 0 Å². The highest BCUT2D eigenvalue weighted by molar-refractivity contribution is 6.46. The van der Waals surface area contributed by atoms with E-state index < -0.39 is 35.2 Å². The summed E-state index contributed by atoms with van der Waals surface area (Å²) >= 11 is 0. The van der Waals surface area contributed by atoms with Gasteiger partial charge in [-0.3, -0.25) is 9.59 Å². The number of Topliss-reactive ketones (excluding diaryl/α,β-unsaturated/α-hetero) is 1. The fourth-order valence-corrected chi connectivity index (χ4v) is 4.40. The molecular formula is C28H24F3NO5. The molecule has 1 saturated heterocycles. The van der Waals surface area contributed by atoms with Crippen LogP contribution in [0.4, 0.5) is 13.2 Å². The number of halogens is 3. The molecular weight excluding hydrogens is 487 g/mol. The van der Waals surface area contributed by atoms with Crippen molar-refractivity contribution in [2.24, 2.45) is 0 Å². The molecule has 1 fully saturated rings. The minimum atomic E-state index is -4.56. The van der Waals surface area contributed by atoms with E-state index in [9.17, 15) is 27.9 Å². The van der Waals surface area contributed by atoms with Gasteiger partial charge in [-0.15, -0.1) is 0 Å². The van der Waals surface area contributed by atoms with Gasteiger partial charge < -0.3 is 19.5 Å². The molecule has 0 radical (unpaired) electrons. The third-order valence-electron chi connectivity index (χ3n) is 6.25. The number of ketones is 1. The summed E-state index contributed by atoms with van der Waals surface area (Å²) in [7, 11) is 2.99. The predicted molar refractivity (Wildman–Crippen MR) is 130 cm³/mol. The molecule has 1 heterocycles. The Morgan fingerprint density at radius 2 is 1.68 bits per heavy atom. The van der Waals surface area contributed by atoms with E-state index in [2.05, 4.69) is 0 Å². The Morgan fingerprint density at radius 3 is 2.27 bits per heavy atom. The number of amides is 1. The molecule has 6 nitrogen and oxygen atoms in total. The van der Waals surface area contributed by atoms with Crippen LogP contribution >= 0.6 is 0 Å². The molecule has 37 heavy (non-hydrogen) atoms. The highest BCUT2D eigenvalue weighted by Crippen LogP contribution is 2.41. The minimum absolute atomic E-state index is 0.160. The van der Waals surface area contributed by atoms with Crippen LogP contribution in [0.1, 0.15) is 33.9 Å². The molecule has 9 heteroatoms. The van der Waals surface area contributed by atoms with Gasteiger partial charge in [0.15, 0.2) is 0 Å². The summed E-state index contributed by atoms with van der Waals surface area (Å²) in [5, 5.41) is 11.2. The average molecular weight is 511 g/mol. The normalized spacial score (nSPS) is 17.2. The lowest BCUT2D eigenvalue weighted by molar-refractivity contribution is -0.140. The first-order chi connectivity index (χ1) is 17.5. The Hall–Kier alpha value is -4.27. The van der Waals surface area contributed by atoms with E-state index in [1.54, 1.807) is 49.4 Å². The van der Waals surface area contributed by atoms with Crippen molar-refractivity contribution in [2.45, 2.75) is 25.7 Å². The molecule has 4 rings (SSSR count). The zero-order chi connectivity index (χ0) is 26.9. The molecule has 1 unspecified atom stereocenters. The number of aryl methyl sites for hydroxylation is 1. The Bertz CT molecular complexity index is 1380. The third-order valence-corrected chi connectivity index (χ3v) is 6.25. The summed E-state index contributed by atoms with van der Waals surface area (Å²) in [6, 6.07) is 14.9. The van der Waals surface area contributed by atoms with Crippen molar-refractivity contribution < 1.29 is 37.3 Å². The summed E-state index contributed by atoms with van der Waals surface area (Å²) in [5.74, 6) is -1.14. The van der Waals surface area contributed by atoms with E-state index >= 15 is 0 Å². The van der Waals surface area contributed by atoms with Crippen molar-refractivity contribution in [1.82, 2.24) is 4.90 Å². The van der Waals surface area contributed by atoms with Crippen LogP contribution in [0.2, 0.25) is 0 Å². The molecule has 0 spiro atoms. The monoisotopic (exact) mass is 511 g/mol. The maximum absolute atomic E-state index is 13.3. The number of rotatable bonds is 6. The molecule has 0 bridgehead atoms. The lowest BCUT2D eigenvalue weighted by atomic mass is 9.94. The second-order valence-corrected chi connectivity index (χ2v) is 8.58. The van der Waals surface area contributed by atoms with Crippen LogP contribution in [-0.2, 0) is 22.3 Å². The predicted octanol–water partition coefficient (Wildman–Crippen LogP) is 5.65. The van der Waals surface area contributed by atoms with Crippen LogP contribution in [0.3, 0.4) is 0 Å². The molecule has 1 atom stereocenters. The number of carbonyl (C=O) groups is 2. The SMILES string of the molecule is COc1ccc(C2/C(=C(\O)c3ccc(OC)c(C)c3)C(=O)C(=O)N2Cc2cccc(C(F)(F)F)c2)cc1. The van der Waals surface area contributed by atoms with Gasteiger partial charge in [-0.1, -0.05) is 24.3 Å². The molecule has 3 aromatic rings. The topological polar surface area (TPSA) is 76.1 Å². The maximum Gasteiger partial charge on any atom is 0.416 e. The number of nitrogens with zero attached hydrogens (tertiary/aromatic N) is 1. The highest BCUT2D eigenvalue weighted by atomic mass is 19.4. The van der Waals surface area contributed by atoms with Crippen LogP contribution in [0.5, 0.6) is 11.5 Å². The summed E-state index contributed by atoms with van der Waals surface area (Å²) < 4.78 is 50.3. The van der Waals surface area contributed by atoms with Crippen LogP contribution in [0, 0.1) is 6.92 Å². The van der Waals surface area contributed by atoms with Crippen LogP contribution in [0.15, 0.2) is 72.3 Å². The molecule has 3 aromatic carbocycles. The number of carbonyl (C=O) groups excluding carboxylic acids is 2. The smallest absolute Gasteiger partial charge is 0.416 e. The summed E-state index contributed by atoms with van der Waals surface area (Å²) in [6.07, 6.45) is -4.56. The van der Waals surface area contributed by atoms with Crippen LogP contribution in [0.25, 0.3) is 5.76 Å². The molecule has 0 aromatic heterocycles. The number of aliphatic hydroxyl groups excluding tert-OH is 1. The molecule has 0 saturated carbocycles. The molecule has 1 N–H and O–H groups in total. The molecule has 192 valence electrons. The van der Waals surface area contributed by atoms with Gasteiger partial charge >= 0.3 is 6.18 Å². The summed E-state index contributed by atoms with van der Waals surface area (Å²) in [6.45, 7) is 1.49. The Morgan fingerprint density at radius 1 is 0.973 bits per heavy atom. The lowest BCUT2D eigenvalue weighted by Crippen LogP contribution is -2.29. The molecule has 1 aliphatic rings. The van der Waals surface area contributed by atoms with E-state index in [4.69, 9.17) is 9.47 Å². The second-order valence-electron chi connectivity index (χ2n) is 8.58. The second kappa shape index (κ2) is 10.0. The number of alkyl halides is 3. The van der Waals surface area contributed by atoms with E-state index in [1.165, 1.54) is 31.3 Å². The van der Waals surface area contributed by atoms with Gasteiger partial charge in [0.25, 0.3) is 11.7 Å². The largest absolute Gasteiger partial charge is 0.507 e. The number of aliphatic hydroxyl groups is 1. The highest BCUT2D eigenvalue weighted by Gasteiger charge is 2.46. The fraction of sp³-hybridized carbons (Fsp3) is 0.214. The van der Waals surface area contributed by atoms with Gasteiger partial charge in [-0.2, -0.15) is 13.2 Å². The lowest BCUT2D eigenvalue weighted by Gasteiger charge is -2.26. The minimum Gasteiger partial charge on any atom is -0.507 e. The van der Waals surface area contributed by atoms with Crippen molar-refractivity contribution in [3.05, 3.63) is 100 Å². The Labute approximate surface area is 211 Å². The molecule has 1 aliphatic heterocycles. The van der Waals surface area contributed by atoms with Gasteiger partial charge in [0, 0.05) is 12.1 Å². The maximum atomic E-state index is 13.3. The third kappa shape index (κ3) is 5.02. The zero-order valence-corrected chi connectivity index (χ0v) is 20.3. The van der Waals surface area contributed by atoms with Gasteiger partial charge in [-0.25, -0.2) is 0 Å². The van der Waals surface area contributed by atoms with Crippen LogP contribution < -0.4 is 9.47 Å². The van der Waals surface area contributed by atoms with Crippen molar-refractivity contribution in [3.63, 3.8) is 0 Å². The number of hydrogen-bond acceptors (Lipinski definition) is 5.